The molecule has 0 amide bonds. The van der Waals surface area contributed by atoms with E-state index in [4.69, 9.17) is 4.98 Å². The maximum atomic E-state index is 4.76. The van der Waals surface area contributed by atoms with Crippen LogP contribution >= 0.6 is 0 Å². The molecule has 0 N–H and O–H groups in total. The quantitative estimate of drug-likeness (QED) is 0.470. The summed E-state index contributed by atoms with van der Waals surface area (Å²) in [5, 5.41) is 3.45. The summed E-state index contributed by atoms with van der Waals surface area (Å²) < 4.78 is 0. The van der Waals surface area contributed by atoms with Crippen molar-refractivity contribution >= 4 is 21.7 Å². The average Bonchev–Trinajstić information content (AvgIpc) is 2.55. The van der Waals surface area contributed by atoms with Crippen molar-refractivity contribution in [2.75, 3.05) is 0 Å². The standard InChI is InChI=1S/C18H12N2/c1-2-7-14(8-3-1)18-19-12-15-11-10-13-6-4-5-9-16(13)17(15)20-18/h1-12H. The predicted molar refractivity (Wildman–Crippen MR) is 82.5 cm³/mol. The van der Waals surface area contributed by atoms with Crippen molar-refractivity contribution in [2.45, 2.75) is 0 Å². The largest absolute Gasteiger partial charge is 0.236 e. The highest BCUT2D eigenvalue weighted by Crippen LogP contribution is 2.25. The second-order valence-corrected chi connectivity index (χ2v) is 4.78. The summed E-state index contributed by atoms with van der Waals surface area (Å²) in [6.45, 7) is 0. The van der Waals surface area contributed by atoms with Crippen molar-refractivity contribution in [1.82, 2.24) is 9.97 Å². The number of hydrogen-bond acceptors (Lipinski definition) is 2. The molecule has 2 nitrogen and oxygen atoms in total. The molecule has 0 aliphatic heterocycles. The summed E-state index contributed by atoms with van der Waals surface area (Å²) in [5.41, 5.74) is 2.05. The summed E-state index contributed by atoms with van der Waals surface area (Å²) in [6.07, 6.45) is 1.90. The van der Waals surface area contributed by atoms with E-state index in [1.807, 2.05) is 48.7 Å². The zero-order valence-corrected chi connectivity index (χ0v) is 10.8. The minimum absolute atomic E-state index is 0.773. The van der Waals surface area contributed by atoms with Gasteiger partial charge >= 0.3 is 0 Å². The first-order valence-electron chi connectivity index (χ1n) is 6.62. The maximum absolute atomic E-state index is 4.76. The van der Waals surface area contributed by atoms with E-state index in [-0.39, 0.29) is 0 Å². The number of hydrogen-bond donors (Lipinski definition) is 0. The van der Waals surface area contributed by atoms with E-state index in [1.165, 1.54) is 10.8 Å². The highest BCUT2D eigenvalue weighted by Gasteiger charge is 2.05. The van der Waals surface area contributed by atoms with Crippen LogP contribution in [0.1, 0.15) is 0 Å². The van der Waals surface area contributed by atoms with Gasteiger partial charge in [0.15, 0.2) is 5.82 Å². The molecule has 2 heteroatoms. The molecule has 0 saturated heterocycles. The van der Waals surface area contributed by atoms with E-state index in [0.717, 1.165) is 22.3 Å². The molecule has 0 spiro atoms. The zero-order valence-electron chi connectivity index (χ0n) is 10.8. The number of fused-ring (bicyclic) bond motifs is 3. The normalized spacial score (nSPS) is 11.0. The van der Waals surface area contributed by atoms with Crippen LogP contribution in [0.15, 0.2) is 72.9 Å². The number of benzene rings is 3. The van der Waals surface area contributed by atoms with Gasteiger partial charge in [0.05, 0.1) is 5.52 Å². The highest BCUT2D eigenvalue weighted by molar-refractivity contribution is 6.05. The van der Waals surface area contributed by atoms with Crippen LogP contribution in [0, 0.1) is 0 Å². The van der Waals surface area contributed by atoms with Crippen LogP contribution in [0.5, 0.6) is 0 Å². The van der Waals surface area contributed by atoms with Gasteiger partial charge in [-0.15, -0.1) is 0 Å². The molecule has 1 heterocycles. The molecule has 0 fully saturated rings. The average molecular weight is 256 g/mol. The lowest BCUT2D eigenvalue weighted by Crippen LogP contribution is -1.90. The lowest BCUT2D eigenvalue weighted by Gasteiger charge is -2.05. The second-order valence-electron chi connectivity index (χ2n) is 4.78. The molecule has 20 heavy (non-hydrogen) atoms. The minimum atomic E-state index is 0.773. The fourth-order valence-electron chi connectivity index (χ4n) is 2.49. The first-order valence-corrected chi connectivity index (χ1v) is 6.62. The Hall–Kier alpha value is -2.74. The Morgan fingerprint density at radius 2 is 1.40 bits per heavy atom. The Labute approximate surface area is 116 Å². The molecule has 1 aromatic heterocycles. The van der Waals surface area contributed by atoms with Gasteiger partial charge in [-0.25, -0.2) is 9.97 Å². The van der Waals surface area contributed by atoms with E-state index in [1.54, 1.807) is 0 Å². The van der Waals surface area contributed by atoms with Gasteiger partial charge in [0.25, 0.3) is 0 Å². The van der Waals surface area contributed by atoms with Gasteiger partial charge in [0, 0.05) is 22.5 Å². The first-order chi connectivity index (χ1) is 9.92. The van der Waals surface area contributed by atoms with Gasteiger partial charge in [0.1, 0.15) is 0 Å². The first kappa shape index (κ1) is 11.1. The molecule has 0 bridgehead atoms. The molecule has 4 aromatic rings. The van der Waals surface area contributed by atoms with E-state index >= 15 is 0 Å². The minimum Gasteiger partial charge on any atom is -0.236 e. The molecule has 94 valence electrons. The van der Waals surface area contributed by atoms with Gasteiger partial charge in [-0.1, -0.05) is 66.7 Å². The molecule has 0 unspecified atom stereocenters. The Kier molecular flexibility index (Phi) is 2.46. The zero-order chi connectivity index (χ0) is 13.4. The van der Waals surface area contributed by atoms with E-state index in [2.05, 4.69) is 29.2 Å². The molecule has 0 aliphatic rings. The summed E-state index contributed by atoms with van der Waals surface area (Å²) >= 11 is 0. The van der Waals surface area contributed by atoms with Crippen molar-refractivity contribution in [3.8, 4) is 11.4 Å². The summed E-state index contributed by atoms with van der Waals surface area (Å²) in [4.78, 5) is 9.24. The Morgan fingerprint density at radius 1 is 0.650 bits per heavy atom. The fourth-order valence-corrected chi connectivity index (χ4v) is 2.49. The number of nitrogens with zero attached hydrogens (tertiary/aromatic N) is 2. The van der Waals surface area contributed by atoms with E-state index in [9.17, 15) is 0 Å². The third-order valence-electron chi connectivity index (χ3n) is 3.51. The monoisotopic (exact) mass is 256 g/mol. The highest BCUT2D eigenvalue weighted by atomic mass is 14.9. The lowest BCUT2D eigenvalue weighted by atomic mass is 10.1. The smallest absolute Gasteiger partial charge is 0.159 e. The van der Waals surface area contributed by atoms with Crippen LogP contribution in [0.4, 0.5) is 0 Å². The van der Waals surface area contributed by atoms with Crippen molar-refractivity contribution < 1.29 is 0 Å². The molecule has 3 aromatic carbocycles. The van der Waals surface area contributed by atoms with Gasteiger partial charge in [-0.2, -0.15) is 0 Å². The van der Waals surface area contributed by atoms with Crippen molar-refractivity contribution in [2.24, 2.45) is 0 Å². The van der Waals surface area contributed by atoms with Gasteiger partial charge in [-0.05, 0) is 5.39 Å². The van der Waals surface area contributed by atoms with Crippen molar-refractivity contribution in [1.29, 1.82) is 0 Å². The van der Waals surface area contributed by atoms with Crippen molar-refractivity contribution in [3.05, 3.63) is 72.9 Å². The summed E-state index contributed by atoms with van der Waals surface area (Å²) in [6, 6.07) is 22.6. The van der Waals surface area contributed by atoms with Gasteiger partial charge in [-0.3, -0.25) is 0 Å². The van der Waals surface area contributed by atoms with Crippen LogP contribution < -0.4 is 0 Å². The summed E-state index contributed by atoms with van der Waals surface area (Å²) in [5.74, 6) is 0.773. The molecule has 0 atom stereocenters. The third-order valence-corrected chi connectivity index (χ3v) is 3.51. The van der Waals surface area contributed by atoms with Crippen molar-refractivity contribution in [3.63, 3.8) is 0 Å². The SMILES string of the molecule is c1ccc(-c2ncc3ccc4ccccc4c3n2)cc1. The Bertz CT molecular complexity index is 899. The Morgan fingerprint density at radius 3 is 2.30 bits per heavy atom. The lowest BCUT2D eigenvalue weighted by molar-refractivity contribution is 1.23. The summed E-state index contributed by atoms with van der Waals surface area (Å²) in [7, 11) is 0. The molecule has 0 aliphatic carbocycles. The molecular formula is C18H12N2. The second kappa shape index (κ2) is 4.42. The fraction of sp³-hybridized carbons (Fsp3) is 0. The molecular weight excluding hydrogens is 244 g/mol. The number of aromatic nitrogens is 2. The van der Waals surface area contributed by atoms with Crippen LogP contribution in [0.3, 0.4) is 0 Å². The van der Waals surface area contributed by atoms with Crippen LogP contribution in [0.2, 0.25) is 0 Å². The van der Waals surface area contributed by atoms with Crippen LogP contribution in [-0.2, 0) is 0 Å². The number of rotatable bonds is 1. The van der Waals surface area contributed by atoms with Gasteiger partial charge < -0.3 is 0 Å². The topological polar surface area (TPSA) is 25.8 Å². The van der Waals surface area contributed by atoms with E-state index in [0.29, 0.717) is 0 Å². The molecule has 0 saturated carbocycles. The van der Waals surface area contributed by atoms with Gasteiger partial charge in [0.2, 0.25) is 0 Å². The molecule has 0 radical (unpaired) electrons. The third kappa shape index (κ3) is 1.74. The van der Waals surface area contributed by atoms with Crippen LogP contribution in [-0.4, -0.2) is 9.97 Å². The van der Waals surface area contributed by atoms with Crippen LogP contribution in [0.25, 0.3) is 33.1 Å². The predicted octanol–water partition coefficient (Wildman–Crippen LogP) is 4.45. The maximum Gasteiger partial charge on any atom is 0.159 e. The molecule has 4 rings (SSSR count). The Balaban J connectivity index is 2.05. The van der Waals surface area contributed by atoms with E-state index < -0.39 is 0 Å².